The highest BCUT2D eigenvalue weighted by Crippen LogP contribution is 2.30. The van der Waals surface area contributed by atoms with Gasteiger partial charge in [0.25, 0.3) is 0 Å². The average Bonchev–Trinajstić information content (AvgIpc) is 2.64. The molecule has 0 saturated carbocycles. The number of benzene rings is 1. The van der Waals surface area contributed by atoms with Crippen LogP contribution in [0.15, 0.2) is 18.2 Å². The highest BCUT2D eigenvalue weighted by Gasteiger charge is 2.41. The summed E-state index contributed by atoms with van der Waals surface area (Å²) < 4.78 is 43.9. The summed E-state index contributed by atoms with van der Waals surface area (Å²) in [6, 6.07) is 5.48. The van der Waals surface area contributed by atoms with E-state index in [1.807, 2.05) is 19.1 Å². The number of methoxy groups -OCH3 is 1. The molecule has 1 aliphatic heterocycles. The lowest BCUT2D eigenvalue weighted by molar-refractivity contribution is -0.169. The summed E-state index contributed by atoms with van der Waals surface area (Å²) in [5.41, 5.74) is 1.73. The summed E-state index contributed by atoms with van der Waals surface area (Å²) in [7, 11) is 1.58. The van der Waals surface area contributed by atoms with Crippen molar-refractivity contribution < 1.29 is 17.9 Å². The smallest absolute Gasteiger partial charge is 0.394 e. The molecule has 1 atom stereocenters. The van der Waals surface area contributed by atoms with E-state index < -0.39 is 12.1 Å². The van der Waals surface area contributed by atoms with Gasteiger partial charge in [0.2, 0.25) is 0 Å². The first-order chi connectivity index (χ1) is 9.41. The quantitative estimate of drug-likeness (QED) is 0.905. The minimum atomic E-state index is -4.17. The summed E-state index contributed by atoms with van der Waals surface area (Å²) in [5.74, 6) is -0.596. The second kappa shape index (κ2) is 5.91. The number of aryl methyl sites for hydroxylation is 1. The molecular weight excluding hydrogens is 269 g/mol. The van der Waals surface area contributed by atoms with E-state index >= 15 is 0 Å². The Balaban J connectivity index is 2.20. The zero-order valence-corrected chi connectivity index (χ0v) is 11.6. The summed E-state index contributed by atoms with van der Waals surface area (Å²) in [6.45, 7) is 2.98. The van der Waals surface area contributed by atoms with Crippen LogP contribution in [0.3, 0.4) is 0 Å². The van der Waals surface area contributed by atoms with Crippen LogP contribution in [0.2, 0.25) is 0 Å². The van der Waals surface area contributed by atoms with Crippen LogP contribution in [0.1, 0.15) is 5.56 Å². The molecule has 0 aromatic heterocycles. The van der Waals surface area contributed by atoms with Crippen molar-refractivity contribution in [1.82, 2.24) is 5.32 Å². The Bertz CT molecular complexity index is 462. The van der Waals surface area contributed by atoms with Gasteiger partial charge in [-0.05, 0) is 30.7 Å². The number of nitrogens with one attached hydrogen (secondary N) is 1. The lowest BCUT2D eigenvalue weighted by Gasteiger charge is -2.27. The lowest BCUT2D eigenvalue weighted by Crippen LogP contribution is -2.38. The van der Waals surface area contributed by atoms with Crippen LogP contribution >= 0.6 is 0 Å². The van der Waals surface area contributed by atoms with E-state index in [1.54, 1.807) is 18.1 Å². The number of hydrogen-bond acceptors (Lipinski definition) is 3. The molecule has 0 radical (unpaired) electrons. The molecule has 20 heavy (non-hydrogen) atoms. The van der Waals surface area contributed by atoms with Crippen LogP contribution in [-0.4, -0.2) is 39.5 Å². The number of halogens is 3. The fraction of sp³-hybridized carbons (Fsp3) is 0.571. The van der Waals surface area contributed by atoms with Crippen LogP contribution in [0, 0.1) is 12.8 Å². The standard InChI is InChI=1S/C14H19F3N2O/c1-10-7-12(3-4-13(10)20-2)19-6-5-18-8-11(9-19)14(15,16)17/h3-4,7,11,18H,5-6,8-9H2,1-2H3. The summed E-state index contributed by atoms with van der Waals surface area (Å²) in [4.78, 5) is 1.78. The van der Waals surface area contributed by atoms with Crippen molar-refractivity contribution in [2.24, 2.45) is 5.92 Å². The maximum atomic E-state index is 12.9. The molecule has 0 aliphatic carbocycles. The maximum Gasteiger partial charge on any atom is 0.394 e. The van der Waals surface area contributed by atoms with E-state index in [1.165, 1.54) is 0 Å². The van der Waals surface area contributed by atoms with Gasteiger partial charge in [-0.2, -0.15) is 13.2 Å². The molecule has 112 valence electrons. The van der Waals surface area contributed by atoms with Crippen LogP contribution in [0.4, 0.5) is 18.9 Å². The highest BCUT2D eigenvalue weighted by molar-refractivity contribution is 5.53. The van der Waals surface area contributed by atoms with Crippen molar-refractivity contribution in [3.63, 3.8) is 0 Å². The molecule has 0 amide bonds. The van der Waals surface area contributed by atoms with E-state index in [0.29, 0.717) is 13.1 Å². The van der Waals surface area contributed by atoms with Crippen LogP contribution < -0.4 is 15.0 Å². The second-order valence-electron chi connectivity index (χ2n) is 5.04. The molecule has 2 rings (SSSR count). The van der Waals surface area contributed by atoms with E-state index in [0.717, 1.165) is 17.0 Å². The van der Waals surface area contributed by atoms with Crippen molar-refractivity contribution in [1.29, 1.82) is 0 Å². The van der Waals surface area contributed by atoms with Crippen LogP contribution in [0.25, 0.3) is 0 Å². The molecule has 1 saturated heterocycles. The van der Waals surface area contributed by atoms with Crippen molar-refractivity contribution >= 4 is 5.69 Å². The predicted molar refractivity (Wildman–Crippen MR) is 72.4 cm³/mol. The van der Waals surface area contributed by atoms with E-state index in [2.05, 4.69) is 5.32 Å². The van der Waals surface area contributed by atoms with Gasteiger partial charge < -0.3 is 15.0 Å². The topological polar surface area (TPSA) is 24.5 Å². The Morgan fingerprint density at radius 1 is 1.35 bits per heavy atom. The molecule has 1 unspecified atom stereocenters. The summed E-state index contributed by atoms with van der Waals surface area (Å²) >= 11 is 0. The Morgan fingerprint density at radius 2 is 2.10 bits per heavy atom. The molecular formula is C14H19F3N2O. The minimum absolute atomic E-state index is 0.0116. The van der Waals surface area contributed by atoms with Gasteiger partial charge in [0, 0.05) is 31.9 Å². The SMILES string of the molecule is COc1ccc(N2CCNCC(C(F)(F)F)C2)cc1C. The van der Waals surface area contributed by atoms with Crippen molar-refractivity contribution in [3.8, 4) is 5.75 Å². The molecule has 1 N–H and O–H groups in total. The van der Waals surface area contributed by atoms with Crippen LogP contribution in [0.5, 0.6) is 5.75 Å². The molecule has 1 aromatic carbocycles. The molecule has 6 heteroatoms. The average molecular weight is 288 g/mol. The Morgan fingerprint density at radius 3 is 2.70 bits per heavy atom. The fourth-order valence-electron chi connectivity index (χ4n) is 2.43. The van der Waals surface area contributed by atoms with Gasteiger partial charge in [0.05, 0.1) is 13.0 Å². The first-order valence-electron chi connectivity index (χ1n) is 6.59. The Kier molecular flexibility index (Phi) is 4.42. The fourth-order valence-corrected chi connectivity index (χ4v) is 2.43. The number of ether oxygens (including phenoxy) is 1. The third kappa shape index (κ3) is 3.36. The lowest BCUT2D eigenvalue weighted by atomic mass is 10.1. The van der Waals surface area contributed by atoms with Gasteiger partial charge >= 0.3 is 6.18 Å². The predicted octanol–water partition coefficient (Wildman–Crippen LogP) is 2.59. The van der Waals surface area contributed by atoms with E-state index in [-0.39, 0.29) is 13.1 Å². The molecule has 1 aromatic rings. The maximum absolute atomic E-state index is 12.9. The zero-order chi connectivity index (χ0) is 14.8. The van der Waals surface area contributed by atoms with Gasteiger partial charge in [-0.15, -0.1) is 0 Å². The molecule has 1 fully saturated rings. The van der Waals surface area contributed by atoms with Gasteiger partial charge in [-0.25, -0.2) is 0 Å². The van der Waals surface area contributed by atoms with Crippen LogP contribution in [-0.2, 0) is 0 Å². The third-order valence-corrected chi connectivity index (χ3v) is 3.60. The number of anilines is 1. The van der Waals surface area contributed by atoms with Gasteiger partial charge in [0.15, 0.2) is 0 Å². The molecule has 0 bridgehead atoms. The minimum Gasteiger partial charge on any atom is -0.496 e. The first kappa shape index (κ1) is 15.0. The zero-order valence-electron chi connectivity index (χ0n) is 11.6. The number of rotatable bonds is 2. The number of alkyl halides is 3. The van der Waals surface area contributed by atoms with Crippen molar-refractivity contribution in [3.05, 3.63) is 23.8 Å². The van der Waals surface area contributed by atoms with E-state index in [9.17, 15) is 13.2 Å². The third-order valence-electron chi connectivity index (χ3n) is 3.60. The Hall–Kier alpha value is -1.43. The van der Waals surface area contributed by atoms with Crippen molar-refractivity contribution in [2.75, 3.05) is 38.2 Å². The molecule has 1 heterocycles. The Labute approximate surface area is 116 Å². The first-order valence-corrected chi connectivity index (χ1v) is 6.59. The largest absolute Gasteiger partial charge is 0.496 e. The van der Waals surface area contributed by atoms with E-state index in [4.69, 9.17) is 4.74 Å². The molecule has 1 aliphatic rings. The second-order valence-corrected chi connectivity index (χ2v) is 5.04. The van der Waals surface area contributed by atoms with Gasteiger partial charge in [-0.1, -0.05) is 0 Å². The normalized spacial score (nSPS) is 20.6. The van der Waals surface area contributed by atoms with Gasteiger partial charge in [0.1, 0.15) is 5.75 Å². The monoisotopic (exact) mass is 288 g/mol. The summed E-state index contributed by atoms with van der Waals surface area (Å²) in [5, 5.41) is 2.85. The summed E-state index contributed by atoms with van der Waals surface area (Å²) in [6.07, 6.45) is -4.17. The highest BCUT2D eigenvalue weighted by atomic mass is 19.4. The molecule has 0 spiro atoms. The number of nitrogens with zero attached hydrogens (tertiary/aromatic N) is 1. The van der Waals surface area contributed by atoms with Gasteiger partial charge in [-0.3, -0.25) is 0 Å². The van der Waals surface area contributed by atoms with Crippen molar-refractivity contribution in [2.45, 2.75) is 13.1 Å². The number of hydrogen-bond donors (Lipinski definition) is 1. The molecule has 3 nitrogen and oxygen atoms in total.